The normalized spacial score (nSPS) is 52.6. The Bertz CT molecular complexity index is 139. The zero-order valence-corrected chi connectivity index (χ0v) is 8.49. The number of nitrogens with one attached hydrogen (secondary N) is 1. The summed E-state index contributed by atoms with van der Waals surface area (Å²) in [4.78, 5) is 0. The van der Waals surface area contributed by atoms with E-state index in [4.69, 9.17) is 0 Å². The molecule has 0 aromatic rings. The van der Waals surface area contributed by atoms with E-state index in [1.807, 2.05) is 13.8 Å². The standard InChI is InChI=1S/C8H15N.C2H6/c1-6-4-7(2)5-8(7,3)9-6;1-2/h6,9H,4-5H2,1-3H3;1-2H3. The maximum atomic E-state index is 3.61. The van der Waals surface area contributed by atoms with Gasteiger partial charge in [0.1, 0.15) is 0 Å². The van der Waals surface area contributed by atoms with Crippen molar-refractivity contribution >= 4 is 0 Å². The highest BCUT2D eigenvalue weighted by Crippen LogP contribution is 2.62. The highest BCUT2D eigenvalue weighted by atomic mass is 15.1. The summed E-state index contributed by atoms with van der Waals surface area (Å²) in [6.45, 7) is 11.0. The van der Waals surface area contributed by atoms with Crippen LogP contribution in [0, 0.1) is 5.41 Å². The monoisotopic (exact) mass is 155 g/mol. The van der Waals surface area contributed by atoms with E-state index in [1.54, 1.807) is 0 Å². The van der Waals surface area contributed by atoms with Crippen LogP contribution in [0.4, 0.5) is 0 Å². The van der Waals surface area contributed by atoms with Crippen molar-refractivity contribution in [1.82, 2.24) is 5.32 Å². The maximum absolute atomic E-state index is 3.61. The van der Waals surface area contributed by atoms with E-state index in [-0.39, 0.29) is 0 Å². The van der Waals surface area contributed by atoms with Gasteiger partial charge in [0, 0.05) is 11.6 Å². The molecule has 3 unspecified atom stereocenters. The summed E-state index contributed by atoms with van der Waals surface area (Å²) in [6.07, 6.45) is 2.77. The molecule has 2 aliphatic rings. The molecule has 1 heterocycles. The van der Waals surface area contributed by atoms with Gasteiger partial charge in [0.25, 0.3) is 0 Å². The molecular weight excluding hydrogens is 134 g/mol. The molecule has 1 aliphatic carbocycles. The van der Waals surface area contributed by atoms with Crippen LogP contribution in [0.25, 0.3) is 0 Å². The molecule has 66 valence electrons. The molecule has 0 aromatic heterocycles. The average molecular weight is 155 g/mol. The first-order valence-electron chi connectivity index (χ1n) is 4.83. The van der Waals surface area contributed by atoms with Crippen molar-refractivity contribution in [3.05, 3.63) is 0 Å². The number of hydrogen-bond acceptors (Lipinski definition) is 1. The quantitative estimate of drug-likeness (QED) is 0.567. The lowest BCUT2D eigenvalue weighted by atomic mass is 10.0. The Hall–Kier alpha value is -0.0400. The Kier molecular flexibility index (Phi) is 2.04. The second-order valence-electron chi connectivity index (χ2n) is 4.32. The minimum Gasteiger partial charge on any atom is -0.308 e. The van der Waals surface area contributed by atoms with Gasteiger partial charge in [-0.2, -0.15) is 0 Å². The van der Waals surface area contributed by atoms with Crippen LogP contribution in [0.3, 0.4) is 0 Å². The fraction of sp³-hybridized carbons (Fsp3) is 1.00. The van der Waals surface area contributed by atoms with Crippen molar-refractivity contribution in [3.63, 3.8) is 0 Å². The van der Waals surface area contributed by atoms with Crippen molar-refractivity contribution in [2.24, 2.45) is 5.41 Å². The molecule has 0 radical (unpaired) electrons. The van der Waals surface area contributed by atoms with Crippen LogP contribution < -0.4 is 5.32 Å². The van der Waals surface area contributed by atoms with Crippen LogP contribution in [-0.4, -0.2) is 11.6 Å². The first-order valence-corrected chi connectivity index (χ1v) is 4.83. The Morgan fingerprint density at radius 1 is 1.27 bits per heavy atom. The van der Waals surface area contributed by atoms with E-state index in [0.29, 0.717) is 11.0 Å². The van der Waals surface area contributed by atoms with Gasteiger partial charge in [-0.1, -0.05) is 20.8 Å². The molecule has 1 saturated carbocycles. The van der Waals surface area contributed by atoms with Gasteiger partial charge in [-0.05, 0) is 32.1 Å². The van der Waals surface area contributed by atoms with Crippen LogP contribution in [0.5, 0.6) is 0 Å². The van der Waals surface area contributed by atoms with E-state index < -0.39 is 0 Å². The lowest BCUT2D eigenvalue weighted by Crippen LogP contribution is -2.30. The Labute approximate surface area is 70.6 Å². The predicted molar refractivity (Wildman–Crippen MR) is 49.7 cm³/mol. The third kappa shape index (κ3) is 1.20. The molecular formula is C10H21N. The minimum atomic E-state index is 0.520. The second-order valence-corrected chi connectivity index (χ2v) is 4.32. The lowest BCUT2D eigenvalue weighted by molar-refractivity contribution is 0.514. The van der Waals surface area contributed by atoms with Gasteiger partial charge in [-0.3, -0.25) is 0 Å². The third-order valence-electron chi connectivity index (χ3n) is 3.27. The molecule has 1 heteroatoms. The van der Waals surface area contributed by atoms with E-state index in [1.165, 1.54) is 12.8 Å². The molecule has 0 amide bonds. The van der Waals surface area contributed by atoms with E-state index in [0.717, 1.165) is 6.04 Å². The van der Waals surface area contributed by atoms with Crippen molar-refractivity contribution in [2.75, 3.05) is 0 Å². The van der Waals surface area contributed by atoms with Crippen LogP contribution >= 0.6 is 0 Å². The fourth-order valence-corrected chi connectivity index (χ4v) is 2.53. The van der Waals surface area contributed by atoms with E-state index in [9.17, 15) is 0 Å². The number of fused-ring (bicyclic) bond motifs is 1. The smallest absolute Gasteiger partial charge is 0.0216 e. The van der Waals surface area contributed by atoms with E-state index >= 15 is 0 Å². The number of piperidine rings is 1. The maximum Gasteiger partial charge on any atom is 0.0216 e. The number of rotatable bonds is 0. The molecule has 1 saturated heterocycles. The molecule has 1 nitrogen and oxygen atoms in total. The van der Waals surface area contributed by atoms with Gasteiger partial charge >= 0.3 is 0 Å². The predicted octanol–water partition coefficient (Wildman–Crippen LogP) is 2.56. The zero-order chi connectivity index (χ0) is 8.70. The first kappa shape index (κ1) is 9.05. The molecule has 2 rings (SSSR count). The van der Waals surface area contributed by atoms with Crippen molar-refractivity contribution in [2.45, 2.75) is 59.0 Å². The Morgan fingerprint density at radius 2 is 1.82 bits per heavy atom. The van der Waals surface area contributed by atoms with Crippen LogP contribution in [0.2, 0.25) is 0 Å². The van der Waals surface area contributed by atoms with Gasteiger partial charge in [0.15, 0.2) is 0 Å². The van der Waals surface area contributed by atoms with Gasteiger partial charge in [-0.25, -0.2) is 0 Å². The summed E-state index contributed by atoms with van der Waals surface area (Å²) in [6, 6.07) is 0.758. The van der Waals surface area contributed by atoms with Crippen LogP contribution in [0.1, 0.15) is 47.5 Å². The van der Waals surface area contributed by atoms with Crippen molar-refractivity contribution in [3.8, 4) is 0 Å². The molecule has 11 heavy (non-hydrogen) atoms. The van der Waals surface area contributed by atoms with Gasteiger partial charge < -0.3 is 5.32 Å². The summed E-state index contributed by atoms with van der Waals surface area (Å²) in [5, 5.41) is 3.61. The minimum absolute atomic E-state index is 0.520. The highest BCUT2D eigenvalue weighted by molar-refractivity contribution is 5.22. The third-order valence-corrected chi connectivity index (χ3v) is 3.27. The molecule has 3 atom stereocenters. The van der Waals surface area contributed by atoms with Crippen molar-refractivity contribution < 1.29 is 0 Å². The first-order chi connectivity index (χ1) is 5.06. The molecule has 1 aliphatic heterocycles. The van der Waals surface area contributed by atoms with Crippen molar-refractivity contribution in [1.29, 1.82) is 0 Å². The average Bonchev–Trinajstić information content (AvgIpc) is 2.28. The Morgan fingerprint density at radius 3 is 2.00 bits per heavy atom. The summed E-state index contributed by atoms with van der Waals surface area (Å²) >= 11 is 0. The zero-order valence-electron chi connectivity index (χ0n) is 8.49. The lowest BCUT2D eigenvalue weighted by Gasteiger charge is -2.09. The van der Waals surface area contributed by atoms with Gasteiger partial charge in [-0.15, -0.1) is 0 Å². The Balaban J connectivity index is 0.000000281. The van der Waals surface area contributed by atoms with Gasteiger partial charge in [0.2, 0.25) is 0 Å². The topological polar surface area (TPSA) is 12.0 Å². The second kappa shape index (κ2) is 2.48. The molecule has 1 N–H and O–H groups in total. The number of hydrogen-bond donors (Lipinski definition) is 1. The fourth-order valence-electron chi connectivity index (χ4n) is 2.53. The van der Waals surface area contributed by atoms with Crippen LogP contribution in [-0.2, 0) is 0 Å². The highest BCUT2D eigenvalue weighted by Gasteiger charge is 2.65. The molecule has 0 aromatic carbocycles. The summed E-state index contributed by atoms with van der Waals surface area (Å²) in [5.41, 5.74) is 1.18. The molecule has 0 spiro atoms. The summed E-state index contributed by atoms with van der Waals surface area (Å²) in [5.74, 6) is 0. The largest absolute Gasteiger partial charge is 0.308 e. The summed E-state index contributed by atoms with van der Waals surface area (Å²) < 4.78 is 0. The SMILES string of the molecule is CC.CC1CC2(C)CC2(C)N1. The summed E-state index contributed by atoms with van der Waals surface area (Å²) in [7, 11) is 0. The molecule has 0 bridgehead atoms. The van der Waals surface area contributed by atoms with Crippen LogP contribution in [0.15, 0.2) is 0 Å². The van der Waals surface area contributed by atoms with Gasteiger partial charge in [0.05, 0.1) is 0 Å². The van der Waals surface area contributed by atoms with E-state index in [2.05, 4.69) is 26.1 Å². The molecule has 2 fully saturated rings.